The van der Waals surface area contributed by atoms with Crippen LogP contribution in [0.1, 0.15) is 12.5 Å². The van der Waals surface area contributed by atoms with Gasteiger partial charge in [-0.1, -0.05) is 24.3 Å². The number of carbonyl (C=O) groups is 2. The molecule has 0 unspecified atom stereocenters. The van der Waals surface area contributed by atoms with Crippen LogP contribution in [-0.4, -0.2) is 38.0 Å². The Morgan fingerprint density at radius 3 is 2.41 bits per heavy atom. The van der Waals surface area contributed by atoms with E-state index in [-0.39, 0.29) is 12.5 Å². The normalized spacial score (nSPS) is 11.4. The van der Waals surface area contributed by atoms with Crippen LogP contribution in [0.4, 0.5) is 0 Å². The Bertz CT molecular complexity index is 766. The topological polar surface area (TPSA) is 73.9 Å². The van der Waals surface area contributed by atoms with Crippen LogP contribution in [0.2, 0.25) is 0 Å². The highest BCUT2D eigenvalue weighted by atomic mass is 32.2. The number of hydrogen-bond acceptors (Lipinski definition) is 6. The van der Waals surface area contributed by atoms with Crippen molar-refractivity contribution in [2.24, 2.45) is 0 Å². The minimum absolute atomic E-state index is 0.297. The van der Waals surface area contributed by atoms with Crippen LogP contribution in [0.3, 0.4) is 0 Å². The van der Waals surface area contributed by atoms with Crippen molar-refractivity contribution in [1.82, 2.24) is 5.32 Å². The molecule has 7 heteroatoms. The third-order valence-corrected chi connectivity index (χ3v) is 4.76. The Hall–Kier alpha value is -2.67. The fourth-order valence-electron chi connectivity index (χ4n) is 2.25. The van der Waals surface area contributed by atoms with E-state index in [2.05, 4.69) is 5.32 Å². The zero-order valence-electron chi connectivity index (χ0n) is 15.6. The van der Waals surface area contributed by atoms with E-state index in [1.54, 1.807) is 33.3 Å². The van der Waals surface area contributed by atoms with E-state index in [9.17, 15) is 9.59 Å². The monoisotopic (exact) mass is 389 g/mol. The van der Waals surface area contributed by atoms with Gasteiger partial charge in [0.05, 0.1) is 14.2 Å². The molecule has 1 atom stereocenters. The molecular formula is C20H23NO5S. The van der Waals surface area contributed by atoms with Gasteiger partial charge < -0.3 is 19.5 Å². The summed E-state index contributed by atoms with van der Waals surface area (Å²) in [6.07, 6.45) is 0. The number of rotatable bonds is 9. The molecule has 2 aromatic rings. The smallest absolute Gasteiger partial charge is 0.319 e. The molecule has 0 bridgehead atoms. The Morgan fingerprint density at radius 2 is 1.74 bits per heavy atom. The SMILES string of the molecule is COc1ccc(CNC(=O)COC(=O)[C@H](C)Sc2ccccc2)cc1OC. The van der Waals surface area contributed by atoms with Crippen molar-refractivity contribution in [3.05, 3.63) is 54.1 Å². The first-order valence-corrected chi connectivity index (χ1v) is 9.27. The van der Waals surface area contributed by atoms with Gasteiger partial charge in [0.2, 0.25) is 0 Å². The number of thioether (sulfide) groups is 1. The molecule has 0 fully saturated rings. The summed E-state index contributed by atoms with van der Waals surface area (Å²) in [6, 6.07) is 14.9. The first-order chi connectivity index (χ1) is 13.0. The van der Waals surface area contributed by atoms with E-state index in [0.29, 0.717) is 18.0 Å². The molecule has 2 aromatic carbocycles. The number of ether oxygens (including phenoxy) is 3. The lowest BCUT2D eigenvalue weighted by Gasteiger charge is -2.12. The van der Waals surface area contributed by atoms with Gasteiger partial charge in [0.25, 0.3) is 5.91 Å². The van der Waals surface area contributed by atoms with Crippen LogP contribution >= 0.6 is 11.8 Å². The van der Waals surface area contributed by atoms with Crippen LogP contribution in [0, 0.1) is 0 Å². The van der Waals surface area contributed by atoms with Crippen molar-refractivity contribution in [2.75, 3.05) is 20.8 Å². The lowest BCUT2D eigenvalue weighted by Crippen LogP contribution is -2.30. The molecule has 6 nitrogen and oxygen atoms in total. The van der Waals surface area contributed by atoms with Crippen molar-refractivity contribution in [3.8, 4) is 11.5 Å². The van der Waals surface area contributed by atoms with E-state index in [1.165, 1.54) is 11.8 Å². The molecule has 0 spiro atoms. The van der Waals surface area contributed by atoms with Crippen LogP contribution in [-0.2, 0) is 20.9 Å². The molecule has 1 amide bonds. The van der Waals surface area contributed by atoms with Gasteiger partial charge >= 0.3 is 5.97 Å². The first kappa shape index (κ1) is 20.6. The summed E-state index contributed by atoms with van der Waals surface area (Å²) in [5.74, 6) is 0.411. The second-order valence-electron chi connectivity index (χ2n) is 5.65. The van der Waals surface area contributed by atoms with Crippen LogP contribution < -0.4 is 14.8 Å². The fourth-order valence-corrected chi connectivity index (χ4v) is 3.13. The zero-order chi connectivity index (χ0) is 19.6. The van der Waals surface area contributed by atoms with Gasteiger partial charge in [-0.2, -0.15) is 0 Å². The summed E-state index contributed by atoms with van der Waals surface area (Å²) < 4.78 is 15.5. The maximum Gasteiger partial charge on any atom is 0.319 e. The summed E-state index contributed by atoms with van der Waals surface area (Å²) >= 11 is 1.39. The Balaban J connectivity index is 1.76. The minimum atomic E-state index is -0.426. The van der Waals surface area contributed by atoms with E-state index in [0.717, 1.165) is 10.5 Å². The number of amides is 1. The Kier molecular flexibility index (Phi) is 8.00. The van der Waals surface area contributed by atoms with Gasteiger partial charge in [-0.15, -0.1) is 11.8 Å². The predicted molar refractivity (Wildman–Crippen MR) is 104 cm³/mol. The van der Waals surface area contributed by atoms with Crippen molar-refractivity contribution >= 4 is 23.6 Å². The van der Waals surface area contributed by atoms with Crippen LogP contribution in [0.5, 0.6) is 11.5 Å². The first-order valence-electron chi connectivity index (χ1n) is 8.39. The quantitative estimate of drug-likeness (QED) is 0.525. The molecule has 0 saturated heterocycles. The van der Waals surface area contributed by atoms with Crippen LogP contribution in [0.25, 0.3) is 0 Å². The summed E-state index contributed by atoms with van der Waals surface area (Å²) in [6.45, 7) is 1.73. The predicted octanol–water partition coefficient (Wildman–Crippen LogP) is 3.04. The van der Waals surface area contributed by atoms with Crippen molar-refractivity contribution in [2.45, 2.75) is 23.6 Å². The average Bonchev–Trinajstić information content (AvgIpc) is 2.70. The maximum absolute atomic E-state index is 12.0. The maximum atomic E-state index is 12.0. The van der Waals surface area contributed by atoms with Crippen molar-refractivity contribution in [3.63, 3.8) is 0 Å². The molecule has 2 rings (SSSR count). The van der Waals surface area contributed by atoms with Gasteiger partial charge in [-0.05, 0) is 36.8 Å². The molecule has 0 radical (unpaired) electrons. The molecule has 27 heavy (non-hydrogen) atoms. The second kappa shape index (κ2) is 10.5. The third kappa shape index (κ3) is 6.53. The fraction of sp³-hybridized carbons (Fsp3) is 0.300. The highest BCUT2D eigenvalue weighted by Gasteiger charge is 2.17. The van der Waals surface area contributed by atoms with Crippen molar-refractivity contribution in [1.29, 1.82) is 0 Å². The molecular weight excluding hydrogens is 366 g/mol. The average molecular weight is 389 g/mol. The minimum Gasteiger partial charge on any atom is -0.493 e. The third-order valence-electron chi connectivity index (χ3n) is 3.67. The lowest BCUT2D eigenvalue weighted by atomic mass is 10.2. The van der Waals surface area contributed by atoms with E-state index >= 15 is 0 Å². The number of benzene rings is 2. The highest BCUT2D eigenvalue weighted by molar-refractivity contribution is 8.00. The Morgan fingerprint density at radius 1 is 1.04 bits per heavy atom. The molecule has 0 aliphatic carbocycles. The standard InChI is InChI=1S/C20H23NO5S/c1-14(27-16-7-5-4-6-8-16)20(23)26-13-19(22)21-12-15-9-10-17(24-2)18(11-15)25-3/h4-11,14H,12-13H2,1-3H3,(H,21,22)/t14-/m0/s1. The number of esters is 1. The zero-order valence-corrected chi connectivity index (χ0v) is 16.4. The second-order valence-corrected chi connectivity index (χ2v) is 7.06. The van der Waals surface area contributed by atoms with Gasteiger partial charge in [0.1, 0.15) is 5.25 Å². The number of hydrogen-bond donors (Lipinski definition) is 1. The highest BCUT2D eigenvalue weighted by Crippen LogP contribution is 2.27. The van der Waals surface area contributed by atoms with Gasteiger partial charge in [0.15, 0.2) is 18.1 Å². The molecule has 0 aliphatic heterocycles. The number of methoxy groups -OCH3 is 2. The largest absolute Gasteiger partial charge is 0.493 e. The van der Waals surface area contributed by atoms with Crippen LogP contribution in [0.15, 0.2) is 53.4 Å². The summed E-state index contributed by atoms with van der Waals surface area (Å²) in [5, 5.41) is 2.32. The van der Waals surface area contributed by atoms with E-state index < -0.39 is 11.2 Å². The summed E-state index contributed by atoms with van der Waals surface area (Å²) in [5.41, 5.74) is 0.848. The Labute approximate surface area is 163 Å². The number of nitrogens with one attached hydrogen (secondary N) is 1. The van der Waals surface area contributed by atoms with Gasteiger partial charge in [-0.3, -0.25) is 9.59 Å². The molecule has 1 N–H and O–H groups in total. The summed E-state index contributed by atoms with van der Waals surface area (Å²) in [4.78, 5) is 24.9. The summed E-state index contributed by atoms with van der Waals surface area (Å²) in [7, 11) is 3.11. The molecule has 0 heterocycles. The van der Waals surface area contributed by atoms with Crippen molar-refractivity contribution < 1.29 is 23.8 Å². The molecule has 0 saturated carbocycles. The van der Waals surface area contributed by atoms with E-state index in [4.69, 9.17) is 14.2 Å². The number of carbonyl (C=O) groups excluding carboxylic acids is 2. The molecule has 144 valence electrons. The van der Waals surface area contributed by atoms with Gasteiger partial charge in [-0.25, -0.2) is 0 Å². The molecule has 0 aliphatic rings. The van der Waals surface area contributed by atoms with Gasteiger partial charge in [0, 0.05) is 11.4 Å². The lowest BCUT2D eigenvalue weighted by molar-refractivity contribution is -0.147. The molecule has 0 aromatic heterocycles. The van der Waals surface area contributed by atoms with E-state index in [1.807, 2.05) is 36.4 Å².